The third-order valence-corrected chi connectivity index (χ3v) is 4.17. The van der Waals surface area contributed by atoms with Crippen molar-refractivity contribution in [2.75, 3.05) is 5.32 Å². The number of para-hydroxylation sites is 1. The molecule has 1 fully saturated rings. The van der Waals surface area contributed by atoms with Crippen molar-refractivity contribution in [3.05, 3.63) is 34.9 Å². The highest BCUT2D eigenvalue weighted by atomic mass is 79.9. The molecule has 0 amide bonds. The molecular weight excluding hydrogens is 316 g/mol. The van der Waals surface area contributed by atoms with Crippen molar-refractivity contribution in [1.82, 2.24) is 4.98 Å². The summed E-state index contributed by atoms with van der Waals surface area (Å²) in [4.78, 5) is 4.54. The number of nitrogens with zero attached hydrogens (tertiary/aromatic N) is 1. The van der Waals surface area contributed by atoms with Crippen LogP contribution in [-0.4, -0.2) is 23.2 Å². The molecule has 0 aliphatic carbocycles. The number of nitrogens with one attached hydrogen (secondary N) is 1. The van der Waals surface area contributed by atoms with E-state index in [9.17, 15) is 0 Å². The lowest BCUT2D eigenvalue weighted by molar-refractivity contribution is -0.0337. The normalized spacial score (nSPS) is 26.6. The molecule has 20 heavy (non-hydrogen) atoms. The van der Waals surface area contributed by atoms with Gasteiger partial charge < -0.3 is 10.1 Å². The Morgan fingerprint density at radius 2 is 2.00 bits per heavy atom. The van der Waals surface area contributed by atoms with Crippen molar-refractivity contribution in [2.24, 2.45) is 0 Å². The van der Waals surface area contributed by atoms with Crippen LogP contribution in [0.2, 0.25) is 0 Å². The van der Waals surface area contributed by atoms with Gasteiger partial charge >= 0.3 is 0 Å². The molecule has 2 heterocycles. The summed E-state index contributed by atoms with van der Waals surface area (Å²) in [6, 6.07) is 8.82. The molecular formula is C16H19BrN2O. The maximum atomic E-state index is 5.80. The van der Waals surface area contributed by atoms with Crippen LogP contribution in [0.3, 0.4) is 0 Å². The number of pyridine rings is 1. The second-order valence-electron chi connectivity index (χ2n) is 5.60. The van der Waals surface area contributed by atoms with E-state index in [1.165, 1.54) is 0 Å². The van der Waals surface area contributed by atoms with Crippen LogP contribution in [0.4, 0.5) is 5.69 Å². The standard InChI is InChI=1S/C16H19BrN2O/c1-10-6-14(7-11(2)20-10)19-15-5-3-4-12-8-13(17)9-18-16(12)15/h3-5,8-11,14,19H,6-7H2,1-2H3. The lowest BCUT2D eigenvalue weighted by Gasteiger charge is -2.33. The van der Waals surface area contributed by atoms with E-state index in [1.54, 1.807) is 0 Å². The van der Waals surface area contributed by atoms with Crippen LogP contribution in [0.25, 0.3) is 10.9 Å². The molecule has 3 nitrogen and oxygen atoms in total. The van der Waals surface area contributed by atoms with Gasteiger partial charge in [0.1, 0.15) is 0 Å². The topological polar surface area (TPSA) is 34.2 Å². The fourth-order valence-electron chi connectivity index (χ4n) is 2.99. The number of hydrogen-bond acceptors (Lipinski definition) is 3. The summed E-state index contributed by atoms with van der Waals surface area (Å²) in [5.41, 5.74) is 2.14. The van der Waals surface area contributed by atoms with Crippen LogP contribution in [-0.2, 0) is 4.74 Å². The van der Waals surface area contributed by atoms with E-state index in [-0.39, 0.29) is 0 Å². The van der Waals surface area contributed by atoms with Gasteiger partial charge in [-0.05, 0) is 54.8 Å². The van der Waals surface area contributed by atoms with Gasteiger partial charge in [-0.3, -0.25) is 4.98 Å². The molecule has 1 aromatic heterocycles. The average Bonchev–Trinajstić information content (AvgIpc) is 2.37. The summed E-state index contributed by atoms with van der Waals surface area (Å²) >= 11 is 3.47. The third-order valence-electron chi connectivity index (χ3n) is 3.73. The molecule has 0 spiro atoms. The number of hydrogen-bond donors (Lipinski definition) is 1. The van der Waals surface area contributed by atoms with Crippen LogP contribution < -0.4 is 5.32 Å². The Morgan fingerprint density at radius 1 is 1.25 bits per heavy atom. The average molecular weight is 335 g/mol. The van der Waals surface area contributed by atoms with E-state index in [4.69, 9.17) is 4.74 Å². The Hall–Kier alpha value is -1.13. The zero-order valence-electron chi connectivity index (χ0n) is 11.8. The molecule has 106 valence electrons. The predicted octanol–water partition coefficient (Wildman–Crippen LogP) is 4.37. The summed E-state index contributed by atoms with van der Waals surface area (Å²) in [6.07, 6.45) is 4.55. The third kappa shape index (κ3) is 2.96. The monoisotopic (exact) mass is 334 g/mol. The predicted molar refractivity (Wildman–Crippen MR) is 86.1 cm³/mol. The molecule has 1 N–H and O–H groups in total. The first-order chi connectivity index (χ1) is 9.61. The summed E-state index contributed by atoms with van der Waals surface area (Å²) < 4.78 is 6.81. The number of ether oxygens (including phenoxy) is 1. The van der Waals surface area contributed by atoms with E-state index in [0.29, 0.717) is 18.2 Å². The van der Waals surface area contributed by atoms with Crippen molar-refractivity contribution in [2.45, 2.75) is 44.9 Å². The van der Waals surface area contributed by atoms with E-state index in [2.05, 4.69) is 64.3 Å². The maximum absolute atomic E-state index is 5.80. The molecule has 1 aliphatic rings. The first-order valence-corrected chi connectivity index (χ1v) is 7.87. The Morgan fingerprint density at radius 3 is 2.75 bits per heavy atom. The first kappa shape index (κ1) is 13.8. The SMILES string of the molecule is CC1CC(Nc2cccc3cc(Br)cnc23)CC(C)O1. The van der Waals surface area contributed by atoms with Crippen LogP contribution >= 0.6 is 15.9 Å². The van der Waals surface area contributed by atoms with E-state index in [1.807, 2.05) is 6.20 Å². The summed E-state index contributed by atoms with van der Waals surface area (Å²) in [5.74, 6) is 0. The zero-order valence-corrected chi connectivity index (χ0v) is 13.4. The first-order valence-electron chi connectivity index (χ1n) is 7.08. The highest BCUT2D eigenvalue weighted by Gasteiger charge is 2.24. The highest BCUT2D eigenvalue weighted by molar-refractivity contribution is 9.10. The van der Waals surface area contributed by atoms with Crippen LogP contribution in [0.1, 0.15) is 26.7 Å². The second kappa shape index (κ2) is 5.70. The molecule has 2 unspecified atom stereocenters. The minimum Gasteiger partial charge on any atom is -0.380 e. The minimum absolute atomic E-state index is 0.313. The molecule has 2 aromatic rings. The number of rotatable bonds is 2. The molecule has 1 aromatic carbocycles. The Labute approximate surface area is 127 Å². The van der Waals surface area contributed by atoms with Gasteiger partial charge in [-0.15, -0.1) is 0 Å². The molecule has 0 saturated carbocycles. The minimum atomic E-state index is 0.313. The van der Waals surface area contributed by atoms with Crippen LogP contribution in [0.15, 0.2) is 34.9 Å². The van der Waals surface area contributed by atoms with Gasteiger partial charge in [0.05, 0.1) is 23.4 Å². The summed E-state index contributed by atoms with van der Waals surface area (Å²) in [6.45, 7) is 4.28. The van der Waals surface area contributed by atoms with Crippen LogP contribution in [0.5, 0.6) is 0 Å². The van der Waals surface area contributed by atoms with Gasteiger partial charge in [-0.2, -0.15) is 0 Å². The van der Waals surface area contributed by atoms with Crippen molar-refractivity contribution < 1.29 is 4.74 Å². The maximum Gasteiger partial charge on any atom is 0.0934 e. The van der Waals surface area contributed by atoms with Crippen molar-refractivity contribution in [3.63, 3.8) is 0 Å². The van der Waals surface area contributed by atoms with E-state index >= 15 is 0 Å². The Balaban J connectivity index is 1.87. The van der Waals surface area contributed by atoms with Crippen molar-refractivity contribution >= 4 is 32.5 Å². The van der Waals surface area contributed by atoms with Crippen molar-refractivity contribution in [3.8, 4) is 0 Å². The summed E-state index contributed by atoms with van der Waals surface area (Å²) in [5, 5.41) is 4.80. The van der Waals surface area contributed by atoms with E-state index < -0.39 is 0 Å². The van der Waals surface area contributed by atoms with Crippen LogP contribution in [0, 0.1) is 0 Å². The molecule has 3 rings (SSSR count). The van der Waals surface area contributed by atoms with Gasteiger partial charge in [0.15, 0.2) is 0 Å². The smallest absolute Gasteiger partial charge is 0.0934 e. The number of halogens is 1. The highest BCUT2D eigenvalue weighted by Crippen LogP contribution is 2.27. The number of fused-ring (bicyclic) bond motifs is 1. The number of anilines is 1. The molecule has 2 atom stereocenters. The van der Waals surface area contributed by atoms with Gasteiger partial charge in [-0.1, -0.05) is 12.1 Å². The number of aromatic nitrogens is 1. The van der Waals surface area contributed by atoms with Gasteiger partial charge in [0.25, 0.3) is 0 Å². The largest absolute Gasteiger partial charge is 0.380 e. The Kier molecular flexibility index (Phi) is 3.94. The molecule has 1 aliphatic heterocycles. The zero-order chi connectivity index (χ0) is 14.1. The fourth-order valence-corrected chi connectivity index (χ4v) is 3.34. The Bertz CT molecular complexity index is 606. The summed E-state index contributed by atoms with van der Waals surface area (Å²) in [7, 11) is 0. The van der Waals surface area contributed by atoms with Gasteiger partial charge in [0, 0.05) is 22.1 Å². The lowest BCUT2D eigenvalue weighted by Crippen LogP contribution is -2.36. The molecule has 0 radical (unpaired) electrons. The second-order valence-corrected chi connectivity index (χ2v) is 6.52. The number of benzene rings is 1. The van der Waals surface area contributed by atoms with E-state index in [0.717, 1.165) is 33.9 Å². The lowest BCUT2D eigenvalue weighted by atomic mass is 9.99. The molecule has 4 heteroatoms. The van der Waals surface area contributed by atoms with Crippen molar-refractivity contribution in [1.29, 1.82) is 0 Å². The quantitative estimate of drug-likeness (QED) is 0.885. The van der Waals surface area contributed by atoms with Gasteiger partial charge in [-0.25, -0.2) is 0 Å². The molecule has 1 saturated heterocycles. The fraction of sp³-hybridized carbons (Fsp3) is 0.438. The van der Waals surface area contributed by atoms with Gasteiger partial charge in [0.2, 0.25) is 0 Å². The molecule has 0 bridgehead atoms.